The lowest BCUT2D eigenvalue weighted by atomic mass is 9.78. The van der Waals surface area contributed by atoms with Crippen molar-refractivity contribution in [2.75, 3.05) is 40.0 Å². The van der Waals surface area contributed by atoms with E-state index in [0.29, 0.717) is 12.6 Å². The predicted octanol–water partition coefficient (Wildman–Crippen LogP) is 1.63. The van der Waals surface area contributed by atoms with Crippen molar-refractivity contribution in [3.63, 3.8) is 0 Å². The van der Waals surface area contributed by atoms with Gasteiger partial charge >= 0.3 is 0 Å². The third kappa shape index (κ3) is 3.92. The zero-order valence-corrected chi connectivity index (χ0v) is 12.3. The van der Waals surface area contributed by atoms with E-state index in [1.165, 1.54) is 19.3 Å². The summed E-state index contributed by atoms with van der Waals surface area (Å²) in [5.74, 6) is 0. The molecule has 4 heteroatoms. The highest BCUT2D eigenvalue weighted by Crippen LogP contribution is 2.34. The average molecular weight is 258 g/mol. The number of rotatable bonds is 8. The average Bonchev–Trinajstić information content (AvgIpc) is 2.43. The number of hydrogen-bond acceptors (Lipinski definition) is 4. The largest absolute Gasteiger partial charge is 0.381 e. The summed E-state index contributed by atoms with van der Waals surface area (Å²) < 4.78 is 11.0. The van der Waals surface area contributed by atoms with Gasteiger partial charge in [0.25, 0.3) is 0 Å². The molecule has 0 bridgehead atoms. The Labute approximate surface area is 112 Å². The fraction of sp³-hybridized carbons (Fsp3) is 1.00. The molecule has 2 atom stereocenters. The molecule has 1 fully saturated rings. The number of hydrogen-bond donors (Lipinski definition) is 1. The molecule has 2 unspecified atom stereocenters. The first-order valence-electron chi connectivity index (χ1n) is 7.28. The maximum absolute atomic E-state index is 6.10. The van der Waals surface area contributed by atoms with Crippen molar-refractivity contribution in [2.45, 2.75) is 51.2 Å². The highest BCUT2D eigenvalue weighted by molar-refractivity contribution is 4.96. The lowest BCUT2D eigenvalue weighted by Gasteiger charge is -2.47. The van der Waals surface area contributed by atoms with Crippen LogP contribution in [0.1, 0.15) is 39.5 Å². The molecule has 1 rings (SSSR count). The van der Waals surface area contributed by atoms with E-state index in [1.807, 2.05) is 14.0 Å². The fourth-order valence-electron chi connectivity index (χ4n) is 3.14. The van der Waals surface area contributed by atoms with Crippen LogP contribution in [-0.4, -0.2) is 56.5 Å². The molecule has 0 aromatic carbocycles. The quantitative estimate of drug-likeness (QED) is 0.672. The van der Waals surface area contributed by atoms with E-state index in [0.717, 1.165) is 32.7 Å². The molecule has 108 valence electrons. The molecule has 0 radical (unpaired) electrons. The second-order valence-corrected chi connectivity index (χ2v) is 5.16. The molecule has 18 heavy (non-hydrogen) atoms. The lowest BCUT2D eigenvalue weighted by molar-refractivity contribution is -0.0295. The second-order valence-electron chi connectivity index (χ2n) is 5.16. The van der Waals surface area contributed by atoms with Gasteiger partial charge in [-0.3, -0.25) is 4.90 Å². The minimum Gasteiger partial charge on any atom is -0.381 e. The minimum absolute atomic E-state index is 0.116. The third-order valence-corrected chi connectivity index (χ3v) is 4.25. The van der Waals surface area contributed by atoms with E-state index < -0.39 is 0 Å². The van der Waals surface area contributed by atoms with Gasteiger partial charge in [0.2, 0.25) is 0 Å². The van der Waals surface area contributed by atoms with Crippen LogP contribution in [-0.2, 0) is 9.47 Å². The molecule has 2 N–H and O–H groups in total. The van der Waals surface area contributed by atoms with Gasteiger partial charge in [0.15, 0.2) is 0 Å². The molecule has 0 aliphatic heterocycles. The summed E-state index contributed by atoms with van der Waals surface area (Å²) in [5.41, 5.74) is 6.21. The highest BCUT2D eigenvalue weighted by Gasteiger charge is 2.39. The first kappa shape index (κ1) is 15.9. The van der Waals surface area contributed by atoms with Gasteiger partial charge in [0.1, 0.15) is 0 Å². The van der Waals surface area contributed by atoms with E-state index in [9.17, 15) is 0 Å². The highest BCUT2D eigenvalue weighted by atomic mass is 16.5. The topological polar surface area (TPSA) is 47.7 Å². The van der Waals surface area contributed by atoms with Gasteiger partial charge in [0.05, 0.1) is 12.7 Å². The van der Waals surface area contributed by atoms with E-state index in [2.05, 4.69) is 11.8 Å². The Hall–Kier alpha value is -0.160. The molecule has 1 saturated carbocycles. The molecule has 0 aromatic rings. The maximum atomic E-state index is 6.10. The Bertz CT molecular complexity index is 226. The zero-order valence-electron chi connectivity index (χ0n) is 12.3. The van der Waals surface area contributed by atoms with Gasteiger partial charge in [-0.1, -0.05) is 6.92 Å². The van der Waals surface area contributed by atoms with E-state index in [-0.39, 0.29) is 5.54 Å². The van der Waals surface area contributed by atoms with E-state index in [1.54, 1.807) is 0 Å². The Morgan fingerprint density at radius 3 is 2.72 bits per heavy atom. The second kappa shape index (κ2) is 8.10. The van der Waals surface area contributed by atoms with Crippen LogP contribution in [0, 0.1) is 0 Å². The van der Waals surface area contributed by atoms with E-state index in [4.69, 9.17) is 15.2 Å². The van der Waals surface area contributed by atoms with Gasteiger partial charge < -0.3 is 15.2 Å². The maximum Gasteiger partial charge on any atom is 0.0593 e. The molecule has 0 saturated heterocycles. The summed E-state index contributed by atoms with van der Waals surface area (Å²) in [6, 6.07) is 0. The van der Waals surface area contributed by atoms with Crippen LogP contribution in [0.25, 0.3) is 0 Å². The van der Waals surface area contributed by atoms with Gasteiger partial charge in [-0.15, -0.1) is 0 Å². The van der Waals surface area contributed by atoms with Crippen molar-refractivity contribution < 1.29 is 9.47 Å². The molecule has 1 aliphatic rings. The van der Waals surface area contributed by atoms with Crippen LogP contribution in [0.2, 0.25) is 0 Å². The molecular formula is C14H30N2O2. The first-order valence-corrected chi connectivity index (χ1v) is 7.28. The van der Waals surface area contributed by atoms with Gasteiger partial charge in [0, 0.05) is 32.3 Å². The number of nitrogens with two attached hydrogens (primary N) is 1. The Kier molecular flexibility index (Phi) is 7.15. The first-order chi connectivity index (χ1) is 8.72. The van der Waals surface area contributed by atoms with Crippen molar-refractivity contribution in [3.05, 3.63) is 0 Å². The molecule has 0 amide bonds. The number of ether oxygens (including phenoxy) is 2. The van der Waals surface area contributed by atoms with Gasteiger partial charge in [-0.05, 0) is 39.2 Å². The predicted molar refractivity (Wildman–Crippen MR) is 74.8 cm³/mol. The SMILES string of the molecule is CCOCCN(CC)C1(CN)CCCC(OC)C1. The molecule has 0 aromatic heterocycles. The third-order valence-electron chi connectivity index (χ3n) is 4.25. The molecule has 4 nitrogen and oxygen atoms in total. The summed E-state index contributed by atoms with van der Waals surface area (Å²) in [6.45, 7) is 8.54. The lowest BCUT2D eigenvalue weighted by Crippen LogP contribution is -2.58. The summed E-state index contributed by atoms with van der Waals surface area (Å²) in [7, 11) is 1.81. The molecule has 1 aliphatic carbocycles. The number of methoxy groups -OCH3 is 1. The summed E-state index contributed by atoms with van der Waals surface area (Å²) in [4.78, 5) is 2.49. The van der Waals surface area contributed by atoms with Crippen LogP contribution < -0.4 is 5.73 Å². The monoisotopic (exact) mass is 258 g/mol. The van der Waals surface area contributed by atoms with Crippen molar-refractivity contribution >= 4 is 0 Å². The van der Waals surface area contributed by atoms with E-state index >= 15 is 0 Å². The smallest absolute Gasteiger partial charge is 0.0593 e. The Morgan fingerprint density at radius 1 is 1.39 bits per heavy atom. The normalized spacial score (nSPS) is 28.8. The zero-order chi connectivity index (χ0) is 13.4. The molecule has 0 spiro atoms. The van der Waals surface area contributed by atoms with Crippen LogP contribution in [0.3, 0.4) is 0 Å². The standard InChI is InChI=1S/C14H30N2O2/c1-4-16(9-10-18-5-2)14(12-15)8-6-7-13(11-14)17-3/h13H,4-12,15H2,1-3H3. The van der Waals surface area contributed by atoms with Crippen molar-refractivity contribution in [3.8, 4) is 0 Å². The molecular weight excluding hydrogens is 228 g/mol. The summed E-state index contributed by atoms with van der Waals surface area (Å²) in [6.07, 6.45) is 4.98. The number of likely N-dealkylation sites (N-methyl/N-ethyl adjacent to an activating group) is 1. The minimum atomic E-state index is 0.116. The van der Waals surface area contributed by atoms with Crippen LogP contribution in [0.4, 0.5) is 0 Å². The van der Waals surface area contributed by atoms with Crippen LogP contribution in [0.15, 0.2) is 0 Å². The van der Waals surface area contributed by atoms with Crippen molar-refractivity contribution in [1.29, 1.82) is 0 Å². The Morgan fingerprint density at radius 2 is 2.17 bits per heavy atom. The van der Waals surface area contributed by atoms with Crippen molar-refractivity contribution in [1.82, 2.24) is 4.90 Å². The number of nitrogens with zero attached hydrogens (tertiary/aromatic N) is 1. The van der Waals surface area contributed by atoms with Gasteiger partial charge in [-0.25, -0.2) is 0 Å². The van der Waals surface area contributed by atoms with Crippen molar-refractivity contribution in [2.24, 2.45) is 5.73 Å². The summed E-state index contributed by atoms with van der Waals surface area (Å²) >= 11 is 0. The fourth-order valence-corrected chi connectivity index (χ4v) is 3.14. The van der Waals surface area contributed by atoms with Crippen LogP contribution >= 0.6 is 0 Å². The van der Waals surface area contributed by atoms with Gasteiger partial charge in [-0.2, -0.15) is 0 Å². The Balaban J connectivity index is 2.63. The van der Waals surface area contributed by atoms with Crippen LogP contribution in [0.5, 0.6) is 0 Å². The summed E-state index contributed by atoms with van der Waals surface area (Å²) in [5, 5.41) is 0. The molecule has 0 heterocycles.